The van der Waals surface area contributed by atoms with Gasteiger partial charge in [-0.25, -0.2) is 0 Å². The lowest BCUT2D eigenvalue weighted by Gasteiger charge is -2.13. The minimum atomic E-state index is -0.465. The number of halogens is 1. The van der Waals surface area contributed by atoms with Gasteiger partial charge < -0.3 is 14.8 Å². The zero-order valence-corrected chi connectivity index (χ0v) is 19.2. The molecule has 0 unspecified atom stereocenters. The standard InChI is InChI=1S/C23H21BrN4O5/c1-32-21-12-17(14-26-27-18-7-9-19(10-8-18)28(30)31)11-20(24)23(21)33-15-22(29)25-13-16-5-3-2-4-6-16/h2-12,14,27H,13,15H2,1H3,(H,25,29)/b26-14+. The van der Waals surface area contributed by atoms with Crippen LogP contribution in [0.4, 0.5) is 11.4 Å². The van der Waals surface area contributed by atoms with Gasteiger partial charge in [0.1, 0.15) is 0 Å². The molecule has 0 spiro atoms. The zero-order valence-electron chi connectivity index (χ0n) is 17.7. The number of methoxy groups -OCH3 is 1. The first-order valence-corrected chi connectivity index (χ1v) is 10.6. The van der Waals surface area contributed by atoms with Crippen molar-refractivity contribution in [2.24, 2.45) is 5.10 Å². The summed E-state index contributed by atoms with van der Waals surface area (Å²) in [6, 6.07) is 19.0. The summed E-state index contributed by atoms with van der Waals surface area (Å²) < 4.78 is 11.7. The molecule has 0 aliphatic rings. The van der Waals surface area contributed by atoms with E-state index < -0.39 is 4.92 Å². The molecule has 0 heterocycles. The molecule has 0 fully saturated rings. The van der Waals surface area contributed by atoms with Crippen molar-refractivity contribution in [3.05, 3.63) is 92.4 Å². The molecule has 2 N–H and O–H groups in total. The van der Waals surface area contributed by atoms with Gasteiger partial charge in [0.15, 0.2) is 18.1 Å². The second-order valence-electron chi connectivity index (χ2n) is 6.76. The fraction of sp³-hybridized carbons (Fsp3) is 0.130. The second-order valence-corrected chi connectivity index (χ2v) is 7.61. The normalized spacial score (nSPS) is 10.6. The van der Waals surface area contributed by atoms with Crippen LogP contribution < -0.4 is 20.2 Å². The summed E-state index contributed by atoms with van der Waals surface area (Å²) in [5.41, 5.74) is 5.11. The summed E-state index contributed by atoms with van der Waals surface area (Å²) in [5, 5.41) is 17.7. The molecule has 170 valence electrons. The Morgan fingerprint density at radius 3 is 2.55 bits per heavy atom. The number of hydrogen-bond donors (Lipinski definition) is 2. The highest BCUT2D eigenvalue weighted by Crippen LogP contribution is 2.36. The van der Waals surface area contributed by atoms with E-state index in [2.05, 4.69) is 31.8 Å². The average Bonchev–Trinajstić information content (AvgIpc) is 2.82. The fourth-order valence-corrected chi connectivity index (χ4v) is 3.35. The Kier molecular flexibility index (Phi) is 8.36. The van der Waals surface area contributed by atoms with Crippen molar-refractivity contribution in [3.63, 3.8) is 0 Å². The molecular weight excluding hydrogens is 492 g/mol. The van der Waals surface area contributed by atoms with Crippen LogP contribution >= 0.6 is 15.9 Å². The Morgan fingerprint density at radius 2 is 1.88 bits per heavy atom. The molecule has 3 aromatic rings. The molecule has 10 heteroatoms. The Balaban J connectivity index is 1.58. The third-order valence-electron chi connectivity index (χ3n) is 4.42. The van der Waals surface area contributed by atoms with Crippen LogP contribution in [0.3, 0.4) is 0 Å². The van der Waals surface area contributed by atoms with Crippen LogP contribution in [-0.2, 0) is 11.3 Å². The zero-order chi connectivity index (χ0) is 23.6. The molecule has 0 saturated heterocycles. The van der Waals surface area contributed by atoms with Gasteiger partial charge in [-0.1, -0.05) is 30.3 Å². The van der Waals surface area contributed by atoms with Crippen molar-refractivity contribution >= 4 is 39.4 Å². The minimum absolute atomic E-state index is 0.00235. The molecule has 0 bridgehead atoms. The number of nitro groups is 1. The van der Waals surface area contributed by atoms with Crippen LogP contribution in [0, 0.1) is 10.1 Å². The lowest BCUT2D eigenvalue weighted by molar-refractivity contribution is -0.384. The maximum absolute atomic E-state index is 12.1. The number of nitro benzene ring substituents is 1. The monoisotopic (exact) mass is 512 g/mol. The Bertz CT molecular complexity index is 1140. The quantitative estimate of drug-likeness (QED) is 0.234. The summed E-state index contributed by atoms with van der Waals surface area (Å²) in [6.07, 6.45) is 1.56. The number of ether oxygens (including phenoxy) is 2. The number of nitrogens with one attached hydrogen (secondary N) is 2. The smallest absolute Gasteiger partial charge is 0.269 e. The lowest BCUT2D eigenvalue weighted by Crippen LogP contribution is -2.28. The molecule has 0 aromatic heterocycles. The number of nitrogens with zero attached hydrogens (tertiary/aromatic N) is 2. The first-order chi connectivity index (χ1) is 16.0. The number of carbonyl (C=O) groups is 1. The van der Waals surface area contributed by atoms with E-state index >= 15 is 0 Å². The lowest BCUT2D eigenvalue weighted by atomic mass is 10.2. The number of hydrazone groups is 1. The summed E-state index contributed by atoms with van der Waals surface area (Å²) in [4.78, 5) is 22.4. The van der Waals surface area contributed by atoms with E-state index in [0.29, 0.717) is 33.8 Å². The van der Waals surface area contributed by atoms with E-state index in [9.17, 15) is 14.9 Å². The van der Waals surface area contributed by atoms with E-state index in [4.69, 9.17) is 9.47 Å². The molecule has 1 amide bonds. The molecule has 3 aromatic carbocycles. The van der Waals surface area contributed by atoms with E-state index in [1.807, 2.05) is 30.3 Å². The summed E-state index contributed by atoms with van der Waals surface area (Å²) in [7, 11) is 1.50. The average molecular weight is 513 g/mol. The maximum atomic E-state index is 12.1. The first kappa shape index (κ1) is 23.7. The van der Waals surface area contributed by atoms with Gasteiger partial charge in [-0.2, -0.15) is 5.10 Å². The number of rotatable bonds is 10. The van der Waals surface area contributed by atoms with Crippen molar-refractivity contribution < 1.29 is 19.2 Å². The third-order valence-corrected chi connectivity index (χ3v) is 5.01. The van der Waals surface area contributed by atoms with Gasteiger partial charge in [0.25, 0.3) is 11.6 Å². The Morgan fingerprint density at radius 1 is 1.15 bits per heavy atom. The second kappa shape index (κ2) is 11.6. The van der Waals surface area contributed by atoms with Crippen LogP contribution in [0.1, 0.15) is 11.1 Å². The van der Waals surface area contributed by atoms with Gasteiger partial charge in [-0.05, 0) is 51.3 Å². The van der Waals surface area contributed by atoms with Gasteiger partial charge >= 0.3 is 0 Å². The van der Waals surface area contributed by atoms with Gasteiger partial charge in [-0.15, -0.1) is 0 Å². The number of benzene rings is 3. The Labute approximate surface area is 198 Å². The minimum Gasteiger partial charge on any atom is -0.493 e. The van der Waals surface area contributed by atoms with Crippen molar-refractivity contribution in [3.8, 4) is 11.5 Å². The highest BCUT2D eigenvalue weighted by Gasteiger charge is 2.13. The SMILES string of the molecule is COc1cc(/C=N/Nc2ccc([N+](=O)[O-])cc2)cc(Br)c1OCC(=O)NCc1ccccc1. The van der Waals surface area contributed by atoms with Crippen molar-refractivity contribution in [1.82, 2.24) is 5.32 Å². The highest BCUT2D eigenvalue weighted by molar-refractivity contribution is 9.10. The fourth-order valence-electron chi connectivity index (χ4n) is 2.78. The summed E-state index contributed by atoms with van der Waals surface area (Å²) in [5.74, 6) is 0.565. The van der Waals surface area contributed by atoms with E-state index in [1.54, 1.807) is 30.5 Å². The summed E-state index contributed by atoms with van der Waals surface area (Å²) in [6.45, 7) is 0.245. The van der Waals surface area contributed by atoms with Crippen molar-refractivity contribution in [1.29, 1.82) is 0 Å². The molecule has 0 radical (unpaired) electrons. The predicted octanol–water partition coefficient (Wildman–Crippen LogP) is 4.51. The van der Waals surface area contributed by atoms with Crippen LogP contribution in [-0.4, -0.2) is 30.8 Å². The molecule has 3 rings (SSSR count). The molecule has 33 heavy (non-hydrogen) atoms. The molecular formula is C23H21BrN4O5. The molecule has 0 saturated carbocycles. The van der Waals surface area contributed by atoms with Crippen molar-refractivity contribution in [2.75, 3.05) is 19.1 Å². The third kappa shape index (κ3) is 7.04. The van der Waals surface area contributed by atoms with Crippen molar-refractivity contribution in [2.45, 2.75) is 6.54 Å². The van der Waals surface area contributed by atoms with Gasteiger partial charge in [0, 0.05) is 18.7 Å². The number of non-ortho nitro benzene ring substituents is 1. The molecule has 0 aliphatic heterocycles. The van der Waals surface area contributed by atoms with Crippen LogP contribution in [0.2, 0.25) is 0 Å². The van der Waals surface area contributed by atoms with E-state index in [1.165, 1.54) is 19.2 Å². The number of hydrogen-bond acceptors (Lipinski definition) is 7. The predicted molar refractivity (Wildman–Crippen MR) is 129 cm³/mol. The van der Waals surface area contributed by atoms with Crippen LogP contribution in [0.15, 0.2) is 76.3 Å². The Hall–Kier alpha value is -3.92. The molecule has 0 atom stereocenters. The number of anilines is 1. The van der Waals surface area contributed by atoms with Gasteiger partial charge in [0.05, 0.1) is 28.4 Å². The van der Waals surface area contributed by atoms with Gasteiger partial charge in [-0.3, -0.25) is 20.3 Å². The van der Waals surface area contributed by atoms with Crippen LogP contribution in [0.5, 0.6) is 11.5 Å². The highest BCUT2D eigenvalue weighted by atomic mass is 79.9. The first-order valence-electron chi connectivity index (χ1n) is 9.80. The summed E-state index contributed by atoms with van der Waals surface area (Å²) >= 11 is 3.44. The maximum Gasteiger partial charge on any atom is 0.269 e. The molecule has 0 aliphatic carbocycles. The van der Waals surface area contributed by atoms with Gasteiger partial charge in [0.2, 0.25) is 0 Å². The van der Waals surface area contributed by atoms with E-state index in [0.717, 1.165) is 5.56 Å². The molecule has 9 nitrogen and oxygen atoms in total. The number of amides is 1. The number of carbonyl (C=O) groups excluding carboxylic acids is 1. The largest absolute Gasteiger partial charge is 0.493 e. The topological polar surface area (TPSA) is 115 Å². The van der Waals surface area contributed by atoms with E-state index in [-0.39, 0.29) is 18.2 Å². The van der Waals surface area contributed by atoms with Crippen LogP contribution in [0.25, 0.3) is 0 Å².